The lowest BCUT2D eigenvalue weighted by Crippen LogP contribution is -2.41. The number of carboxylic acid groups (broad SMARTS) is 1. The predicted octanol–water partition coefficient (Wildman–Crippen LogP) is 1.68. The Balaban J connectivity index is 2.17. The van der Waals surface area contributed by atoms with Crippen LogP contribution < -0.4 is 0 Å². The standard InChI is InChI=1S/C14H18F3N3O3/c1-8-10(9(2)20(18-8)7-14(15,16)17)6-12(21)19-5-3-4-11(19)13(22)23/h11H,3-7H2,1-2H3,(H,22,23)/t11-/m1/s1. The highest BCUT2D eigenvalue weighted by Crippen LogP contribution is 2.23. The molecule has 2 rings (SSSR count). The van der Waals surface area contributed by atoms with Gasteiger partial charge in [-0.3, -0.25) is 9.48 Å². The van der Waals surface area contributed by atoms with E-state index in [1.54, 1.807) is 6.92 Å². The molecule has 128 valence electrons. The lowest BCUT2D eigenvalue weighted by Gasteiger charge is -2.21. The number of hydrogen-bond acceptors (Lipinski definition) is 3. The van der Waals surface area contributed by atoms with Gasteiger partial charge in [0.15, 0.2) is 0 Å². The van der Waals surface area contributed by atoms with E-state index >= 15 is 0 Å². The first-order valence-electron chi connectivity index (χ1n) is 7.22. The minimum atomic E-state index is -4.39. The molecule has 1 aliphatic heterocycles. The molecule has 0 aromatic carbocycles. The summed E-state index contributed by atoms with van der Waals surface area (Å²) < 4.78 is 38.4. The number of carbonyl (C=O) groups is 2. The van der Waals surface area contributed by atoms with Crippen molar-refractivity contribution in [1.29, 1.82) is 0 Å². The molecule has 0 aliphatic carbocycles. The molecule has 1 atom stereocenters. The van der Waals surface area contributed by atoms with Crippen LogP contribution in [0.4, 0.5) is 13.2 Å². The molecule has 1 fully saturated rings. The lowest BCUT2D eigenvalue weighted by molar-refractivity contribution is -0.148. The largest absolute Gasteiger partial charge is 0.480 e. The van der Waals surface area contributed by atoms with Gasteiger partial charge in [-0.2, -0.15) is 18.3 Å². The van der Waals surface area contributed by atoms with Crippen LogP contribution >= 0.6 is 0 Å². The summed E-state index contributed by atoms with van der Waals surface area (Å²) >= 11 is 0. The van der Waals surface area contributed by atoms with E-state index in [9.17, 15) is 22.8 Å². The number of hydrogen-bond donors (Lipinski definition) is 1. The van der Waals surface area contributed by atoms with Crippen LogP contribution in [-0.2, 0) is 22.6 Å². The summed E-state index contributed by atoms with van der Waals surface area (Å²) in [5, 5.41) is 12.9. The summed E-state index contributed by atoms with van der Waals surface area (Å²) in [6, 6.07) is -0.853. The quantitative estimate of drug-likeness (QED) is 0.910. The van der Waals surface area contributed by atoms with Gasteiger partial charge in [-0.15, -0.1) is 0 Å². The van der Waals surface area contributed by atoms with E-state index in [1.807, 2.05) is 0 Å². The number of alkyl halides is 3. The molecule has 9 heteroatoms. The van der Waals surface area contributed by atoms with Crippen molar-refractivity contribution in [2.75, 3.05) is 6.54 Å². The van der Waals surface area contributed by atoms with E-state index in [0.29, 0.717) is 30.6 Å². The molecule has 1 amide bonds. The van der Waals surface area contributed by atoms with E-state index in [4.69, 9.17) is 5.11 Å². The monoisotopic (exact) mass is 333 g/mol. The second kappa shape index (κ2) is 6.21. The van der Waals surface area contributed by atoms with E-state index in [-0.39, 0.29) is 12.1 Å². The molecule has 0 radical (unpaired) electrons. The third-order valence-electron chi connectivity index (χ3n) is 4.05. The number of carboxylic acids is 1. The molecular formula is C14H18F3N3O3. The number of nitrogens with zero attached hydrogens (tertiary/aromatic N) is 3. The van der Waals surface area contributed by atoms with Gasteiger partial charge in [0.2, 0.25) is 5.91 Å². The van der Waals surface area contributed by atoms with Crippen molar-refractivity contribution in [2.45, 2.75) is 51.9 Å². The van der Waals surface area contributed by atoms with Crippen LogP contribution in [0.2, 0.25) is 0 Å². The Labute approximate surface area is 130 Å². The summed E-state index contributed by atoms with van der Waals surface area (Å²) in [5.74, 6) is -1.45. The number of aliphatic carboxylic acids is 1. The number of aryl methyl sites for hydroxylation is 1. The number of amides is 1. The normalized spacial score (nSPS) is 18.5. The van der Waals surface area contributed by atoms with Gasteiger partial charge < -0.3 is 10.0 Å². The average Bonchev–Trinajstić information content (AvgIpc) is 2.98. The van der Waals surface area contributed by atoms with Crippen LogP contribution in [0.1, 0.15) is 29.8 Å². The van der Waals surface area contributed by atoms with Gasteiger partial charge in [-0.05, 0) is 26.7 Å². The molecule has 2 heterocycles. The first kappa shape index (κ1) is 17.3. The first-order valence-corrected chi connectivity index (χ1v) is 7.22. The van der Waals surface area contributed by atoms with Crippen LogP contribution in [0.15, 0.2) is 0 Å². The molecule has 0 bridgehead atoms. The van der Waals surface area contributed by atoms with Crippen molar-refractivity contribution in [1.82, 2.24) is 14.7 Å². The van der Waals surface area contributed by atoms with E-state index in [0.717, 1.165) is 4.68 Å². The van der Waals surface area contributed by atoms with Gasteiger partial charge >= 0.3 is 12.1 Å². The summed E-state index contributed by atoms with van der Waals surface area (Å²) in [4.78, 5) is 24.7. The van der Waals surface area contributed by atoms with Crippen molar-refractivity contribution in [3.05, 3.63) is 17.0 Å². The van der Waals surface area contributed by atoms with Crippen molar-refractivity contribution in [2.24, 2.45) is 0 Å². The molecule has 1 aliphatic rings. The summed E-state index contributed by atoms with van der Waals surface area (Å²) in [6.07, 6.45) is -3.53. The molecule has 6 nitrogen and oxygen atoms in total. The van der Waals surface area contributed by atoms with E-state index in [2.05, 4.69) is 5.10 Å². The van der Waals surface area contributed by atoms with Gasteiger partial charge in [0, 0.05) is 17.8 Å². The lowest BCUT2D eigenvalue weighted by atomic mass is 10.1. The fourth-order valence-corrected chi connectivity index (χ4v) is 2.89. The molecule has 0 saturated carbocycles. The smallest absolute Gasteiger partial charge is 0.408 e. The van der Waals surface area contributed by atoms with Crippen LogP contribution in [0, 0.1) is 13.8 Å². The van der Waals surface area contributed by atoms with E-state index in [1.165, 1.54) is 11.8 Å². The van der Waals surface area contributed by atoms with Gasteiger partial charge in [-0.25, -0.2) is 4.79 Å². The van der Waals surface area contributed by atoms with Crippen molar-refractivity contribution >= 4 is 11.9 Å². The minimum absolute atomic E-state index is 0.140. The Morgan fingerprint density at radius 3 is 2.57 bits per heavy atom. The minimum Gasteiger partial charge on any atom is -0.480 e. The summed E-state index contributed by atoms with van der Waals surface area (Å²) in [5.41, 5.74) is 1.06. The summed E-state index contributed by atoms with van der Waals surface area (Å²) in [7, 11) is 0. The van der Waals surface area contributed by atoms with Crippen molar-refractivity contribution < 1.29 is 27.9 Å². The number of carbonyl (C=O) groups excluding carboxylic acids is 1. The van der Waals surface area contributed by atoms with Crippen LogP contribution in [0.5, 0.6) is 0 Å². The first-order chi connectivity index (χ1) is 10.6. The SMILES string of the molecule is Cc1nn(CC(F)(F)F)c(C)c1CC(=O)N1CCC[C@@H]1C(=O)O. The third-order valence-corrected chi connectivity index (χ3v) is 4.05. The molecule has 0 unspecified atom stereocenters. The van der Waals surface area contributed by atoms with E-state index < -0.39 is 30.6 Å². The third kappa shape index (κ3) is 3.83. The Morgan fingerprint density at radius 2 is 2.00 bits per heavy atom. The Morgan fingerprint density at radius 1 is 1.35 bits per heavy atom. The number of rotatable bonds is 4. The molecule has 23 heavy (non-hydrogen) atoms. The molecule has 1 aromatic rings. The van der Waals surface area contributed by atoms with Gasteiger partial charge in [0.05, 0.1) is 12.1 Å². The molecule has 0 spiro atoms. The molecule has 1 N–H and O–H groups in total. The van der Waals surface area contributed by atoms with Crippen LogP contribution in [0.3, 0.4) is 0 Å². The molecule has 1 aromatic heterocycles. The number of aromatic nitrogens is 2. The highest BCUT2D eigenvalue weighted by molar-refractivity contribution is 5.85. The zero-order valence-corrected chi connectivity index (χ0v) is 12.9. The number of halogens is 3. The zero-order valence-electron chi connectivity index (χ0n) is 12.9. The maximum absolute atomic E-state index is 12.5. The van der Waals surface area contributed by atoms with Gasteiger partial charge in [-0.1, -0.05) is 0 Å². The second-order valence-corrected chi connectivity index (χ2v) is 5.68. The van der Waals surface area contributed by atoms with Crippen LogP contribution in [-0.4, -0.2) is 50.4 Å². The summed E-state index contributed by atoms with van der Waals surface area (Å²) in [6.45, 7) is 2.16. The topological polar surface area (TPSA) is 75.4 Å². The predicted molar refractivity (Wildman–Crippen MR) is 73.8 cm³/mol. The Bertz CT molecular complexity index is 625. The second-order valence-electron chi connectivity index (χ2n) is 5.68. The maximum atomic E-state index is 12.5. The molecular weight excluding hydrogens is 315 g/mol. The van der Waals surface area contributed by atoms with Gasteiger partial charge in [0.1, 0.15) is 12.6 Å². The zero-order chi connectivity index (χ0) is 17.4. The fraction of sp³-hybridized carbons (Fsp3) is 0.643. The van der Waals surface area contributed by atoms with Gasteiger partial charge in [0.25, 0.3) is 0 Å². The van der Waals surface area contributed by atoms with Crippen LogP contribution in [0.25, 0.3) is 0 Å². The average molecular weight is 333 g/mol. The fourth-order valence-electron chi connectivity index (χ4n) is 2.89. The maximum Gasteiger partial charge on any atom is 0.408 e. The number of likely N-dealkylation sites (tertiary alicyclic amines) is 1. The Hall–Kier alpha value is -2.06. The van der Waals surface area contributed by atoms with Crippen molar-refractivity contribution in [3.8, 4) is 0 Å². The highest BCUT2D eigenvalue weighted by atomic mass is 19.4. The Kier molecular flexibility index (Phi) is 4.67. The van der Waals surface area contributed by atoms with Crippen molar-refractivity contribution in [3.63, 3.8) is 0 Å². The molecule has 1 saturated heterocycles. The highest BCUT2D eigenvalue weighted by Gasteiger charge is 2.35.